The number of carbonyl (C=O) groups excluding carboxylic acids is 4. The molecule has 0 unspecified atom stereocenters. The number of nitrogens with zero attached hydrogens (tertiary/aromatic N) is 5. The molecular formula is C36H46N6O7S. The van der Waals surface area contributed by atoms with Gasteiger partial charge in [-0.05, 0) is 60.2 Å². The van der Waals surface area contributed by atoms with E-state index in [2.05, 4.69) is 9.29 Å². The average Bonchev–Trinajstić information content (AvgIpc) is 3.60. The fourth-order valence-corrected chi connectivity index (χ4v) is 8.71. The van der Waals surface area contributed by atoms with Crippen molar-refractivity contribution in [3.63, 3.8) is 0 Å². The monoisotopic (exact) mass is 706 g/mol. The first kappa shape index (κ1) is 35.4. The molecule has 3 aromatic rings. The van der Waals surface area contributed by atoms with Crippen LogP contribution in [0.2, 0.25) is 0 Å². The van der Waals surface area contributed by atoms with E-state index in [-0.39, 0.29) is 37.0 Å². The highest BCUT2D eigenvalue weighted by Crippen LogP contribution is 2.55. The van der Waals surface area contributed by atoms with Gasteiger partial charge in [0.05, 0.1) is 18.2 Å². The van der Waals surface area contributed by atoms with Crippen molar-refractivity contribution in [2.45, 2.75) is 50.5 Å². The van der Waals surface area contributed by atoms with E-state index >= 15 is 0 Å². The number of benzene rings is 2. The number of likely N-dealkylation sites (N-methyl/N-ethyl adjacent to an activating group) is 1. The van der Waals surface area contributed by atoms with Crippen LogP contribution in [0, 0.1) is 5.41 Å². The maximum atomic E-state index is 14.7. The van der Waals surface area contributed by atoms with Crippen molar-refractivity contribution in [1.82, 2.24) is 28.3 Å². The van der Waals surface area contributed by atoms with Gasteiger partial charge in [-0.3, -0.25) is 19.2 Å². The third-order valence-corrected chi connectivity index (χ3v) is 12.1. The summed E-state index contributed by atoms with van der Waals surface area (Å²) in [6.07, 6.45) is 5.29. The van der Waals surface area contributed by atoms with E-state index < -0.39 is 39.3 Å². The summed E-state index contributed by atoms with van der Waals surface area (Å²) in [6, 6.07) is 11.1. The van der Waals surface area contributed by atoms with Gasteiger partial charge in [-0.2, -0.15) is 12.7 Å². The lowest BCUT2D eigenvalue weighted by Gasteiger charge is -2.35. The van der Waals surface area contributed by atoms with Gasteiger partial charge in [-0.15, -0.1) is 0 Å². The largest absolute Gasteiger partial charge is 0.497 e. The van der Waals surface area contributed by atoms with Crippen molar-refractivity contribution in [3.8, 4) is 17.0 Å². The van der Waals surface area contributed by atoms with Crippen molar-refractivity contribution in [3.05, 3.63) is 53.1 Å². The molecule has 4 amide bonds. The molecular weight excluding hydrogens is 660 g/mol. The Balaban J connectivity index is 1.65. The van der Waals surface area contributed by atoms with Crippen molar-refractivity contribution in [1.29, 1.82) is 0 Å². The normalized spacial score (nSPS) is 20.5. The molecule has 3 heterocycles. The minimum atomic E-state index is -4.05. The molecule has 1 saturated heterocycles. The number of carbonyl (C=O) groups is 4. The Morgan fingerprint density at radius 1 is 0.900 bits per heavy atom. The molecule has 0 bridgehead atoms. The standard InChI is InChI=1S/C36H46N6O7S/c1-38(2)33(44)34(45)41-19-28-27-18-24(49-7)14-16-25(27)31-30(22-11-9-8-10-12-22)26-15-13-23(32(43)37-50(47,48)40(5)6)17-29(26)42(31)21-36(28,20-41)35(46)39(3)4/h13-18,22,28H,8-12,19-21H2,1-7H3,(H,37,43)/t28-,36+/m1/s1. The first-order chi connectivity index (χ1) is 23.6. The molecule has 0 spiro atoms. The van der Waals surface area contributed by atoms with E-state index in [9.17, 15) is 27.6 Å². The Morgan fingerprint density at radius 2 is 1.60 bits per heavy atom. The fraction of sp³-hybridized carbons (Fsp3) is 0.500. The van der Waals surface area contributed by atoms with Crippen molar-refractivity contribution in [2.75, 3.05) is 62.5 Å². The van der Waals surface area contributed by atoms with Gasteiger partial charge in [0, 0.05) is 89.9 Å². The van der Waals surface area contributed by atoms with Crippen molar-refractivity contribution >= 4 is 44.7 Å². The number of hydrogen-bond donors (Lipinski definition) is 1. The summed E-state index contributed by atoms with van der Waals surface area (Å²) in [5, 5.41) is 0.931. The fourth-order valence-electron chi connectivity index (χ4n) is 8.18. The van der Waals surface area contributed by atoms with E-state index in [1.54, 1.807) is 33.3 Å². The summed E-state index contributed by atoms with van der Waals surface area (Å²) in [4.78, 5) is 58.9. The number of fused-ring (bicyclic) bond motifs is 7. The van der Waals surface area contributed by atoms with Gasteiger partial charge in [-0.25, -0.2) is 4.72 Å². The van der Waals surface area contributed by atoms with E-state index in [1.165, 1.54) is 42.9 Å². The lowest BCUT2D eigenvalue weighted by molar-refractivity contribution is -0.150. The minimum Gasteiger partial charge on any atom is -0.497 e. The van der Waals surface area contributed by atoms with Crippen LogP contribution in [0.3, 0.4) is 0 Å². The summed E-state index contributed by atoms with van der Waals surface area (Å²) in [5.41, 5.74) is 3.49. The lowest BCUT2D eigenvalue weighted by Crippen LogP contribution is -2.49. The first-order valence-corrected chi connectivity index (χ1v) is 18.4. The van der Waals surface area contributed by atoms with E-state index in [4.69, 9.17) is 4.74 Å². The Labute approximate surface area is 293 Å². The smallest absolute Gasteiger partial charge is 0.312 e. The Hall–Kier alpha value is -4.43. The molecule has 2 aromatic carbocycles. The maximum Gasteiger partial charge on any atom is 0.312 e. The second-order valence-corrected chi connectivity index (χ2v) is 16.3. The number of hydrogen-bond acceptors (Lipinski definition) is 7. The molecule has 3 aliphatic rings. The van der Waals surface area contributed by atoms with Crippen LogP contribution in [-0.4, -0.2) is 118 Å². The van der Waals surface area contributed by atoms with Crippen LogP contribution >= 0.6 is 0 Å². The van der Waals surface area contributed by atoms with Gasteiger partial charge in [0.1, 0.15) is 5.75 Å². The molecule has 268 valence electrons. The van der Waals surface area contributed by atoms with Crippen LogP contribution in [0.15, 0.2) is 36.4 Å². The molecule has 6 rings (SSSR count). The highest BCUT2D eigenvalue weighted by Gasteiger charge is 2.57. The third-order valence-electron chi connectivity index (χ3n) is 10.7. The van der Waals surface area contributed by atoms with Crippen LogP contribution in [0.4, 0.5) is 0 Å². The van der Waals surface area contributed by atoms with Crippen molar-refractivity contribution < 1.29 is 32.3 Å². The zero-order chi connectivity index (χ0) is 36.3. The second kappa shape index (κ2) is 13.0. The lowest BCUT2D eigenvalue weighted by atomic mass is 9.72. The summed E-state index contributed by atoms with van der Waals surface area (Å²) in [7, 11) is 6.65. The second-order valence-electron chi connectivity index (χ2n) is 14.4. The molecule has 2 fully saturated rings. The molecule has 1 saturated carbocycles. The Morgan fingerprint density at radius 3 is 2.22 bits per heavy atom. The Kier molecular flexibility index (Phi) is 9.23. The number of amides is 4. The molecule has 50 heavy (non-hydrogen) atoms. The predicted molar refractivity (Wildman–Crippen MR) is 189 cm³/mol. The summed E-state index contributed by atoms with van der Waals surface area (Å²) in [6.45, 7) is 0.309. The van der Waals surface area contributed by atoms with Gasteiger partial charge in [0.2, 0.25) is 5.91 Å². The zero-order valence-corrected chi connectivity index (χ0v) is 30.6. The van der Waals surface area contributed by atoms with Crippen LogP contribution < -0.4 is 9.46 Å². The molecule has 1 aromatic heterocycles. The number of methoxy groups -OCH3 is 1. The van der Waals surface area contributed by atoms with Gasteiger partial charge in [0.15, 0.2) is 0 Å². The first-order valence-electron chi connectivity index (χ1n) is 16.9. The Bertz CT molecular complexity index is 2000. The number of likely N-dealkylation sites (tertiary alicyclic amines) is 1. The maximum absolute atomic E-state index is 14.7. The number of ether oxygens (including phenoxy) is 1. The van der Waals surface area contributed by atoms with Gasteiger partial charge < -0.3 is 24.0 Å². The quantitative estimate of drug-likeness (QED) is 0.389. The number of rotatable bonds is 6. The summed E-state index contributed by atoms with van der Waals surface area (Å²) in [5.74, 6) is -1.98. The van der Waals surface area contributed by atoms with E-state index in [0.29, 0.717) is 11.3 Å². The molecule has 14 heteroatoms. The van der Waals surface area contributed by atoms with Gasteiger partial charge >= 0.3 is 22.0 Å². The van der Waals surface area contributed by atoms with Crippen molar-refractivity contribution in [2.24, 2.45) is 5.41 Å². The van der Waals surface area contributed by atoms with Crippen LogP contribution in [0.5, 0.6) is 5.75 Å². The summed E-state index contributed by atoms with van der Waals surface area (Å²) < 4.78 is 36.1. The van der Waals surface area contributed by atoms with E-state index in [1.807, 2.05) is 24.3 Å². The molecule has 13 nitrogen and oxygen atoms in total. The van der Waals surface area contributed by atoms with E-state index in [0.717, 1.165) is 64.2 Å². The molecule has 2 atom stereocenters. The predicted octanol–water partition coefficient (Wildman–Crippen LogP) is 3.00. The number of aromatic nitrogens is 1. The molecule has 1 N–H and O–H groups in total. The topological polar surface area (TPSA) is 142 Å². The number of nitrogens with one attached hydrogen (secondary N) is 1. The van der Waals surface area contributed by atoms with Crippen LogP contribution in [0.25, 0.3) is 22.2 Å². The zero-order valence-electron chi connectivity index (χ0n) is 29.8. The summed E-state index contributed by atoms with van der Waals surface area (Å²) >= 11 is 0. The van der Waals surface area contributed by atoms with Gasteiger partial charge in [0.25, 0.3) is 5.91 Å². The molecule has 1 aliphatic carbocycles. The molecule has 0 radical (unpaired) electrons. The third kappa shape index (κ3) is 5.81. The average molecular weight is 707 g/mol. The highest BCUT2D eigenvalue weighted by molar-refractivity contribution is 7.87. The SMILES string of the molecule is COc1ccc2c(c1)[C@H]1CN(C(=O)C(=O)N(C)C)C[C@]1(C(=O)N(C)C)Cn1c-2c(C2CCCCC2)c2ccc(C(=O)NS(=O)(=O)N(C)C)cc21. The molecule has 2 aliphatic heterocycles. The van der Waals surface area contributed by atoms with Crippen LogP contribution in [-0.2, 0) is 31.1 Å². The minimum absolute atomic E-state index is 0.00285. The van der Waals surface area contributed by atoms with Gasteiger partial charge in [-0.1, -0.05) is 25.3 Å². The van der Waals surface area contributed by atoms with Crippen LogP contribution in [0.1, 0.15) is 65.4 Å². The highest BCUT2D eigenvalue weighted by atomic mass is 32.2.